The molecule has 0 bridgehead atoms. The van der Waals surface area contributed by atoms with Gasteiger partial charge < -0.3 is 11.5 Å². The minimum atomic E-state index is -0.423. The molecule has 1 aromatic carbocycles. The number of rotatable bonds is 7. The lowest BCUT2D eigenvalue weighted by Crippen LogP contribution is -2.20. The van der Waals surface area contributed by atoms with Gasteiger partial charge in [-0.15, -0.1) is 11.8 Å². The fraction of sp³-hybridized carbons (Fsp3) is 0.385. The maximum absolute atomic E-state index is 11.0. The molecule has 0 spiro atoms. The second kappa shape index (κ2) is 7.06. The molecule has 0 fully saturated rings. The maximum Gasteiger partial charge on any atom is 0.218 e. The molecule has 5 heteroatoms. The van der Waals surface area contributed by atoms with Crippen molar-refractivity contribution in [2.75, 3.05) is 5.75 Å². The van der Waals surface area contributed by atoms with Crippen LogP contribution in [-0.2, 0) is 9.59 Å². The standard InChI is InChI=1S/C13H18N2O2S/c1-2-18-11-5-3-9(4-6-11)10(7-12(14)16)8-13(15)17/h3-6,10H,2,7-8H2,1H3,(H2,14,16)(H2,15,17). The molecule has 0 aliphatic heterocycles. The Balaban J connectivity index is 2.83. The molecule has 0 aliphatic carbocycles. The van der Waals surface area contributed by atoms with Crippen LogP contribution in [0.25, 0.3) is 0 Å². The molecule has 98 valence electrons. The topological polar surface area (TPSA) is 86.2 Å². The van der Waals surface area contributed by atoms with E-state index >= 15 is 0 Å². The van der Waals surface area contributed by atoms with Gasteiger partial charge in [0.1, 0.15) is 0 Å². The Morgan fingerprint density at radius 1 is 1.11 bits per heavy atom. The maximum atomic E-state index is 11.0. The Labute approximate surface area is 111 Å². The van der Waals surface area contributed by atoms with Crippen LogP contribution < -0.4 is 11.5 Å². The number of carbonyl (C=O) groups is 2. The third-order valence-electron chi connectivity index (χ3n) is 2.56. The zero-order chi connectivity index (χ0) is 13.5. The highest BCUT2D eigenvalue weighted by Crippen LogP contribution is 2.26. The lowest BCUT2D eigenvalue weighted by Gasteiger charge is -2.14. The Bertz CT molecular complexity index is 402. The first-order valence-electron chi connectivity index (χ1n) is 5.82. The normalized spacial score (nSPS) is 10.6. The number of amides is 2. The number of benzene rings is 1. The molecule has 4 N–H and O–H groups in total. The first-order valence-corrected chi connectivity index (χ1v) is 6.80. The largest absolute Gasteiger partial charge is 0.370 e. The molecule has 0 unspecified atom stereocenters. The van der Waals surface area contributed by atoms with Crippen molar-refractivity contribution in [3.05, 3.63) is 29.8 Å². The Morgan fingerprint density at radius 3 is 2.00 bits per heavy atom. The van der Waals surface area contributed by atoms with Crippen molar-refractivity contribution < 1.29 is 9.59 Å². The van der Waals surface area contributed by atoms with E-state index in [1.807, 2.05) is 24.3 Å². The van der Waals surface area contributed by atoms with Gasteiger partial charge in [0.15, 0.2) is 0 Å². The number of primary amides is 2. The van der Waals surface area contributed by atoms with Crippen LogP contribution in [0.3, 0.4) is 0 Å². The van der Waals surface area contributed by atoms with Crippen LogP contribution >= 0.6 is 11.8 Å². The molecule has 1 aromatic rings. The first-order chi connectivity index (χ1) is 8.52. The number of nitrogens with two attached hydrogens (primary N) is 2. The van der Waals surface area contributed by atoms with Gasteiger partial charge in [0.2, 0.25) is 11.8 Å². The summed E-state index contributed by atoms with van der Waals surface area (Å²) in [7, 11) is 0. The van der Waals surface area contributed by atoms with Crippen LogP contribution in [-0.4, -0.2) is 17.6 Å². The summed E-state index contributed by atoms with van der Waals surface area (Å²) >= 11 is 1.74. The average molecular weight is 266 g/mol. The molecule has 0 radical (unpaired) electrons. The molecule has 2 amide bonds. The summed E-state index contributed by atoms with van der Waals surface area (Å²) in [5, 5.41) is 0. The van der Waals surface area contributed by atoms with Crippen molar-refractivity contribution in [3.63, 3.8) is 0 Å². The summed E-state index contributed by atoms with van der Waals surface area (Å²) in [5.41, 5.74) is 11.3. The molecule has 0 heterocycles. The van der Waals surface area contributed by atoms with Gasteiger partial charge >= 0.3 is 0 Å². The van der Waals surface area contributed by atoms with E-state index in [1.165, 1.54) is 0 Å². The predicted molar refractivity (Wildman–Crippen MR) is 73.2 cm³/mol. The quantitative estimate of drug-likeness (QED) is 0.735. The van der Waals surface area contributed by atoms with E-state index in [0.717, 1.165) is 16.2 Å². The van der Waals surface area contributed by atoms with Crippen molar-refractivity contribution in [2.24, 2.45) is 11.5 Å². The first kappa shape index (κ1) is 14.6. The predicted octanol–water partition coefficient (Wildman–Crippen LogP) is 1.63. The lowest BCUT2D eigenvalue weighted by molar-refractivity contribution is -0.119. The molecule has 0 aromatic heterocycles. The van der Waals surface area contributed by atoms with Gasteiger partial charge in [-0.3, -0.25) is 9.59 Å². The fourth-order valence-corrected chi connectivity index (χ4v) is 2.46. The van der Waals surface area contributed by atoms with E-state index in [-0.39, 0.29) is 18.8 Å². The molecule has 0 saturated carbocycles. The molecular formula is C13H18N2O2S. The highest BCUT2D eigenvalue weighted by molar-refractivity contribution is 7.99. The van der Waals surface area contributed by atoms with Crippen LogP contribution in [0.1, 0.15) is 31.2 Å². The monoisotopic (exact) mass is 266 g/mol. The number of hydrogen-bond donors (Lipinski definition) is 2. The minimum absolute atomic E-state index is 0.142. The molecule has 0 atom stereocenters. The van der Waals surface area contributed by atoms with Crippen LogP contribution in [0.15, 0.2) is 29.2 Å². The van der Waals surface area contributed by atoms with E-state index < -0.39 is 11.8 Å². The van der Waals surface area contributed by atoms with Gasteiger partial charge in [0.25, 0.3) is 0 Å². The van der Waals surface area contributed by atoms with Gasteiger partial charge in [-0.05, 0) is 23.4 Å². The van der Waals surface area contributed by atoms with Crippen LogP contribution in [0.4, 0.5) is 0 Å². The van der Waals surface area contributed by atoms with Crippen molar-refractivity contribution in [1.82, 2.24) is 0 Å². The van der Waals surface area contributed by atoms with Crippen molar-refractivity contribution in [1.29, 1.82) is 0 Å². The summed E-state index contributed by atoms with van der Waals surface area (Å²) in [5.74, 6) is -0.0621. The zero-order valence-electron chi connectivity index (χ0n) is 10.4. The lowest BCUT2D eigenvalue weighted by atomic mass is 9.92. The SMILES string of the molecule is CCSc1ccc(C(CC(N)=O)CC(N)=O)cc1. The molecule has 18 heavy (non-hydrogen) atoms. The van der Waals surface area contributed by atoms with Gasteiger partial charge in [0.05, 0.1) is 0 Å². The highest BCUT2D eigenvalue weighted by atomic mass is 32.2. The van der Waals surface area contributed by atoms with E-state index in [1.54, 1.807) is 11.8 Å². The van der Waals surface area contributed by atoms with Gasteiger partial charge in [-0.2, -0.15) is 0 Å². The smallest absolute Gasteiger partial charge is 0.218 e. The third kappa shape index (κ3) is 4.79. The summed E-state index contributed by atoms with van der Waals surface area (Å²) in [6.45, 7) is 2.08. The molecule has 0 saturated heterocycles. The zero-order valence-corrected chi connectivity index (χ0v) is 11.2. The Kier molecular flexibility index (Phi) is 5.71. The van der Waals surface area contributed by atoms with E-state index in [9.17, 15) is 9.59 Å². The minimum Gasteiger partial charge on any atom is -0.370 e. The second-order valence-electron chi connectivity index (χ2n) is 4.04. The van der Waals surface area contributed by atoms with Crippen molar-refractivity contribution >= 4 is 23.6 Å². The average Bonchev–Trinajstić information content (AvgIpc) is 2.28. The Morgan fingerprint density at radius 2 is 1.61 bits per heavy atom. The van der Waals surface area contributed by atoms with Crippen molar-refractivity contribution in [2.45, 2.75) is 30.6 Å². The third-order valence-corrected chi connectivity index (χ3v) is 3.45. The van der Waals surface area contributed by atoms with Gasteiger partial charge in [-0.25, -0.2) is 0 Å². The summed E-state index contributed by atoms with van der Waals surface area (Å²) in [4.78, 5) is 23.2. The fourth-order valence-electron chi connectivity index (χ4n) is 1.80. The van der Waals surface area contributed by atoms with Crippen LogP contribution in [0.5, 0.6) is 0 Å². The summed E-state index contributed by atoms with van der Waals surface area (Å²) in [6.07, 6.45) is 0.284. The van der Waals surface area contributed by atoms with E-state index in [4.69, 9.17) is 11.5 Å². The van der Waals surface area contributed by atoms with Crippen LogP contribution in [0.2, 0.25) is 0 Å². The van der Waals surface area contributed by atoms with E-state index in [0.29, 0.717) is 0 Å². The number of carbonyl (C=O) groups excluding carboxylic acids is 2. The summed E-state index contributed by atoms with van der Waals surface area (Å²) < 4.78 is 0. The van der Waals surface area contributed by atoms with Crippen molar-refractivity contribution in [3.8, 4) is 0 Å². The molecular weight excluding hydrogens is 248 g/mol. The molecule has 4 nitrogen and oxygen atoms in total. The van der Waals surface area contributed by atoms with Gasteiger partial charge in [0, 0.05) is 23.7 Å². The van der Waals surface area contributed by atoms with E-state index in [2.05, 4.69) is 6.92 Å². The summed E-state index contributed by atoms with van der Waals surface area (Å²) in [6, 6.07) is 7.82. The highest BCUT2D eigenvalue weighted by Gasteiger charge is 2.17. The molecule has 0 aliphatic rings. The Hall–Kier alpha value is -1.49. The molecule has 1 rings (SSSR count). The van der Waals surface area contributed by atoms with Crippen LogP contribution in [0, 0.1) is 0 Å². The van der Waals surface area contributed by atoms with Gasteiger partial charge in [-0.1, -0.05) is 19.1 Å². The number of thioether (sulfide) groups is 1. The second-order valence-corrected chi connectivity index (χ2v) is 5.38. The number of hydrogen-bond acceptors (Lipinski definition) is 3.